The van der Waals surface area contributed by atoms with Crippen LogP contribution in [0.1, 0.15) is 21.8 Å². The van der Waals surface area contributed by atoms with E-state index in [1.54, 1.807) is 11.3 Å². The van der Waals surface area contributed by atoms with Crippen LogP contribution in [0.4, 0.5) is 5.69 Å². The molecule has 152 valence electrons. The lowest BCUT2D eigenvalue weighted by atomic mass is 10.2. The molecular formula is C20H21BrN4O2S2. The van der Waals surface area contributed by atoms with E-state index in [1.807, 2.05) is 39.0 Å². The molecule has 29 heavy (non-hydrogen) atoms. The Morgan fingerprint density at radius 3 is 2.62 bits per heavy atom. The molecule has 3 rings (SSSR count). The van der Waals surface area contributed by atoms with Gasteiger partial charge in [-0.25, -0.2) is 9.97 Å². The third-order valence-electron chi connectivity index (χ3n) is 4.36. The Bertz CT molecular complexity index is 1100. The number of carbonyl (C=O) groups excluding carboxylic acids is 2. The van der Waals surface area contributed by atoms with Crippen molar-refractivity contribution in [1.82, 2.24) is 15.3 Å². The van der Waals surface area contributed by atoms with Gasteiger partial charge in [-0.15, -0.1) is 11.3 Å². The number of thioether (sulfide) groups is 1. The van der Waals surface area contributed by atoms with Gasteiger partial charge in [0, 0.05) is 20.4 Å². The Balaban J connectivity index is 1.56. The summed E-state index contributed by atoms with van der Waals surface area (Å²) in [5, 5.41) is 7.29. The first kappa shape index (κ1) is 21.7. The molecule has 0 aliphatic carbocycles. The second kappa shape index (κ2) is 9.23. The van der Waals surface area contributed by atoms with Crippen molar-refractivity contribution >= 4 is 66.7 Å². The second-order valence-corrected chi connectivity index (χ2v) is 9.70. The van der Waals surface area contributed by atoms with Gasteiger partial charge < -0.3 is 10.6 Å². The molecule has 0 spiro atoms. The highest BCUT2D eigenvalue weighted by atomic mass is 79.9. The van der Waals surface area contributed by atoms with E-state index >= 15 is 0 Å². The maximum Gasteiger partial charge on any atom is 0.243 e. The number of aromatic nitrogens is 2. The zero-order valence-corrected chi connectivity index (χ0v) is 19.8. The zero-order chi connectivity index (χ0) is 21.1. The van der Waals surface area contributed by atoms with Crippen molar-refractivity contribution in [2.24, 2.45) is 0 Å². The van der Waals surface area contributed by atoms with Gasteiger partial charge in [-0.2, -0.15) is 0 Å². The monoisotopic (exact) mass is 492 g/mol. The number of halogens is 1. The van der Waals surface area contributed by atoms with E-state index in [2.05, 4.69) is 43.5 Å². The number of rotatable bonds is 6. The number of hydrogen-bond donors (Lipinski definition) is 2. The Morgan fingerprint density at radius 1 is 1.14 bits per heavy atom. The van der Waals surface area contributed by atoms with Crippen LogP contribution in [0.15, 0.2) is 27.7 Å². The van der Waals surface area contributed by atoms with Crippen LogP contribution in [-0.4, -0.2) is 34.1 Å². The molecular weight excluding hydrogens is 472 g/mol. The summed E-state index contributed by atoms with van der Waals surface area (Å²) < 4.78 is 0.948. The van der Waals surface area contributed by atoms with Gasteiger partial charge >= 0.3 is 0 Å². The van der Waals surface area contributed by atoms with Gasteiger partial charge in [-0.1, -0.05) is 27.7 Å². The molecule has 2 heterocycles. The van der Waals surface area contributed by atoms with Crippen LogP contribution >= 0.6 is 39.0 Å². The Hall–Kier alpha value is -1.97. The van der Waals surface area contributed by atoms with E-state index in [4.69, 9.17) is 0 Å². The van der Waals surface area contributed by atoms with Gasteiger partial charge in [-0.3, -0.25) is 9.59 Å². The van der Waals surface area contributed by atoms with Crippen molar-refractivity contribution in [2.45, 2.75) is 32.7 Å². The molecule has 0 aliphatic rings. The summed E-state index contributed by atoms with van der Waals surface area (Å²) in [6.45, 7) is 7.79. The molecule has 0 bridgehead atoms. The summed E-state index contributed by atoms with van der Waals surface area (Å²) in [6.07, 6.45) is 0. The first-order chi connectivity index (χ1) is 13.7. The fraction of sp³-hybridized carbons (Fsp3) is 0.300. The summed E-state index contributed by atoms with van der Waals surface area (Å²) >= 11 is 6.40. The number of aryl methyl sites for hydroxylation is 4. The number of hydrogen-bond acceptors (Lipinski definition) is 6. The number of nitrogens with one attached hydrogen (secondary N) is 2. The fourth-order valence-corrected chi connectivity index (χ4v) is 5.32. The number of thiophene rings is 1. The second-order valence-electron chi connectivity index (χ2n) is 6.61. The highest BCUT2D eigenvalue weighted by Gasteiger charge is 2.15. The van der Waals surface area contributed by atoms with Gasteiger partial charge in [0.05, 0.1) is 12.3 Å². The molecule has 0 saturated heterocycles. The van der Waals surface area contributed by atoms with Crippen molar-refractivity contribution in [3.05, 3.63) is 44.5 Å². The Labute approximate surface area is 186 Å². The van der Waals surface area contributed by atoms with Gasteiger partial charge in [0.25, 0.3) is 0 Å². The third-order valence-corrected chi connectivity index (χ3v) is 6.93. The van der Waals surface area contributed by atoms with Gasteiger partial charge in [-0.05, 0) is 57.0 Å². The van der Waals surface area contributed by atoms with Crippen LogP contribution in [0.25, 0.3) is 10.2 Å². The minimum atomic E-state index is -0.265. The molecule has 0 aliphatic heterocycles. The number of anilines is 1. The maximum atomic E-state index is 12.2. The quantitative estimate of drug-likeness (QED) is 0.389. The lowest BCUT2D eigenvalue weighted by Crippen LogP contribution is -2.34. The van der Waals surface area contributed by atoms with Crippen LogP contribution in [0.3, 0.4) is 0 Å². The molecule has 1 aromatic carbocycles. The highest BCUT2D eigenvalue weighted by Crippen LogP contribution is 2.34. The van der Waals surface area contributed by atoms with Crippen LogP contribution in [0.2, 0.25) is 0 Å². The normalized spacial score (nSPS) is 10.9. The fourth-order valence-electron chi connectivity index (χ4n) is 2.74. The average molecular weight is 493 g/mol. The molecule has 6 nitrogen and oxygen atoms in total. The summed E-state index contributed by atoms with van der Waals surface area (Å²) in [5.41, 5.74) is 2.82. The standard InChI is InChI=1S/C20H21BrN4O2S2/c1-10-7-14(21)5-6-15(10)25-16(26)8-22-17(27)9-28-19-18-11(2)12(3)29-20(18)24-13(4)23-19/h5-7H,8-9H2,1-4H3,(H,22,27)(H,25,26). The van der Waals surface area contributed by atoms with Crippen LogP contribution in [-0.2, 0) is 9.59 Å². The lowest BCUT2D eigenvalue weighted by molar-refractivity contribution is -0.122. The van der Waals surface area contributed by atoms with Crippen LogP contribution in [0, 0.1) is 27.7 Å². The van der Waals surface area contributed by atoms with Crippen LogP contribution in [0.5, 0.6) is 0 Å². The molecule has 0 saturated carbocycles. The lowest BCUT2D eigenvalue weighted by Gasteiger charge is -2.10. The molecule has 0 radical (unpaired) electrons. The molecule has 0 fully saturated rings. The highest BCUT2D eigenvalue weighted by molar-refractivity contribution is 9.10. The van der Waals surface area contributed by atoms with Gasteiger partial charge in [0.1, 0.15) is 15.7 Å². The molecule has 9 heteroatoms. The predicted octanol–water partition coefficient (Wildman–Crippen LogP) is 4.53. The van der Waals surface area contributed by atoms with E-state index in [1.165, 1.54) is 16.6 Å². The summed E-state index contributed by atoms with van der Waals surface area (Å²) in [5.74, 6) is 0.390. The topological polar surface area (TPSA) is 84.0 Å². The van der Waals surface area contributed by atoms with E-state index in [0.717, 1.165) is 36.5 Å². The van der Waals surface area contributed by atoms with Crippen molar-refractivity contribution in [3.63, 3.8) is 0 Å². The number of fused-ring (bicyclic) bond motifs is 1. The largest absolute Gasteiger partial charge is 0.346 e. The summed E-state index contributed by atoms with van der Waals surface area (Å²) in [4.78, 5) is 35.5. The Morgan fingerprint density at radius 2 is 1.90 bits per heavy atom. The predicted molar refractivity (Wildman–Crippen MR) is 123 cm³/mol. The van der Waals surface area contributed by atoms with E-state index < -0.39 is 0 Å². The molecule has 0 atom stereocenters. The van der Waals surface area contributed by atoms with Crippen molar-refractivity contribution in [2.75, 3.05) is 17.6 Å². The molecule has 3 aromatic rings. The summed E-state index contributed by atoms with van der Waals surface area (Å²) in [7, 11) is 0. The van der Waals surface area contributed by atoms with Crippen molar-refractivity contribution in [3.8, 4) is 0 Å². The smallest absolute Gasteiger partial charge is 0.243 e. The zero-order valence-electron chi connectivity index (χ0n) is 16.6. The number of carbonyl (C=O) groups is 2. The van der Waals surface area contributed by atoms with E-state index in [0.29, 0.717) is 5.82 Å². The third kappa shape index (κ3) is 5.34. The van der Waals surface area contributed by atoms with Gasteiger partial charge in [0.15, 0.2) is 0 Å². The first-order valence-corrected chi connectivity index (χ1v) is 11.5. The average Bonchev–Trinajstić information content (AvgIpc) is 2.94. The first-order valence-electron chi connectivity index (χ1n) is 8.94. The van der Waals surface area contributed by atoms with Crippen molar-refractivity contribution in [1.29, 1.82) is 0 Å². The molecule has 2 N–H and O–H groups in total. The van der Waals surface area contributed by atoms with Gasteiger partial charge in [0.2, 0.25) is 11.8 Å². The molecule has 2 amide bonds. The molecule has 2 aromatic heterocycles. The SMILES string of the molecule is Cc1nc(SCC(=O)NCC(=O)Nc2ccc(Br)cc2C)c2c(C)c(C)sc2n1. The van der Waals surface area contributed by atoms with Crippen molar-refractivity contribution < 1.29 is 9.59 Å². The minimum Gasteiger partial charge on any atom is -0.346 e. The number of benzene rings is 1. The molecule has 0 unspecified atom stereocenters. The number of nitrogens with zero attached hydrogens (tertiary/aromatic N) is 2. The maximum absolute atomic E-state index is 12.2. The number of amides is 2. The van der Waals surface area contributed by atoms with E-state index in [9.17, 15) is 9.59 Å². The van der Waals surface area contributed by atoms with Crippen LogP contribution < -0.4 is 10.6 Å². The van der Waals surface area contributed by atoms with E-state index in [-0.39, 0.29) is 24.1 Å². The Kier molecular flexibility index (Phi) is 6.92. The summed E-state index contributed by atoms with van der Waals surface area (Å²) in [6, 6.07) is 5.60. The minimum absolute atomic E-state index is 0.0797.